The van der Waals surface area contributed by atoms with Gasteiger partial charge in [-0.25, -0.2) is 4.98 Å². The van der Waals surface area contributed by atoms with E-state index < -0.39 is 6.10 Å². The zero-order valence-electron chi connectivity index (χ0n) is 9.78. The Kier molecular flexibility index (Phi) is 3.22. The van der Waals surface area contributed by atoms with Gasteiger partial charge in [-0.2, -0.15) is 0 Å². The molecule has 5 nitrogen and oxygen atoms in total. The zero-order chi connectivity index (χ0) is 12.5. The molecule has 0 bridgehead atoms. The summed E-state index contributed by atoms with van der Waals surface area (Å²) in [6, 6.07) is 1.83. The number of anilines is 1. The Labute approximate surface area is 113 Å². The molecule has 0 spiro atoms. The van der Waals surface area contributed by atoms with Crippen molar-refractivity contribution in [3.8, 4) is 5.75 Å². The van der Waals surface area contributed by atoms with Gasteiger partial charge in [-0.3, -0.25) is 4.79 Å². The summed E-state index contributed by atoms with van der Waals surface area (Å²) in [5.74, 6) is 1.57. The third-order valence-electron chi connectivity index (χ3n) is 3.33. The van der Waals surface area contributed by atoms with Crippen molar-refractivity contribution in [2.45, 2.75) is 18.9 Å². The van der Waals surface area contributed by atoms with Crippen LogP contribution in [0.25, 0.3) is 0 Å². The van der Waals surface area contributed by atoms with Crippen LogP contribution >= 0.6 is 15.9 Å². The van der Waals surface area contributed by atoms with Gasteiger partial charge in [0.1, 0.15) is 0 Å². The molecule has 0 aliphatic carbocycles. The van der Waals surface area contributed by atoms with Crippen molar-refractivity contribution in [3.63, 3.8) is 0 Å². The first-order valence-electron chi connectivity index (χ1n) is 6.06. The number of pyridine rings is 1. The Balaban J connectivity index is 1.75. The minimum Gasteiger partial charge on any atom is -0.477 e. The average Bonchev–Trinajstić information content (AvgIpc) is 2.83. The molecule has 3 heterocycles. The minimum atomic E-state index is -0.404. The Hall–Kier alpha value is -1.14. The van der Waals surface area contributed by atoms with E-state index in [2.05, 4.69) is 31.5 Å². The highest BCUT2D eigenvalue weighted by atomic mass is 79.9. The Bertz CT molecular complexity index is 474. The van der Waals surface area contributed by atoms with Crippen LogP contribution in [-0.2, 0) is 4.79 Å². The molecule has 1 amide bonds. The molecule has 0 aromatic carbocycles. The zero-order valence-corrected chi connectivity index (χ0v) is 11.4. The molecule has 6 heteroatoms. The van der Waals surface area contributed by atoms with Crippen LogP contribution in [0.15, 0.2) is 16.7 Å². The molecule has 3 rings (SSSR count). The predicted octanol–water partition coefficient (Wildman–Crippen LogP) is 1.54. The third kappa shape index (κ3) is 2.35. The molecular weight excluding hydrogens is 298 g/mol. The molecule has 1 aromatic heterocycles. The summed E-state index contributed by atoms with van der Waals surface area (Å²) in [7, 11) is 0. The fourth-order valence-electron chi connectivity index (χ4n) is 2.38. The number of carbonyl (C=O) groups excluding carboxylic acids is 1. The van der Waals surface area contributed by atoms with Crippen LogP contribution in [0.1, 0.15) is 12.8 Å². The van der Waals surface area contributed by atoms with E-state index in [0.29, 0.717) is 17.5 Å². The molecule has 0 radical (unpaired) electrons. The largest absolute Gasteiger partial charge is 0.477 e. The smallest absolute Gasteiger partial charge is 0.266 e. The van der Waals surface area contributed by atoms with Crippen LogP contribution in [0.3, 0.4) is 0 Å². The molecule has 2 aliphatic heterocycles. The van der Waals surface area contributed by atoms with E-state index in [9.17, 15) is 4.79 Å². The van der Waals surface area contributed by atoms with Crippen molar-refractivity contribution < 1.29 is 9.53 Å². The van der Waals surface area contributed by atoms with Gasteiger partial charge < -0.3 is 15.4 Å². The lowest BCUT2D eigenvalue weighted by molar-refractivity contribution is -0.124. The summed E-state index contributed by atoms with van der Waals surface area (Å²) in [4.78, 5) is 16.0. The van der Waals surface area contributed by atoms with Crippen LogP contribution < -0.4 is 15.4 Å². The van der Waals surface area contributed by atoms with Gasteiger partial charge in [-0.05, 0) is 53.8 Å². The van der Waals surface area contributed by atoms with E-state index in [0.717, 1.165) is 30.4 Å². The molecule has 2 N–H and O–H groups in total. The van der Waals surface area contributed by atoms with Crippen LogP contribution in [-0.4, -0.2) is 30.1 Å². The molecule has 2 unspecified atom stereocenters. The lowest BCUT2D eigenvalue weighted by Gasteiger charge is -2.26. The number of carbonyl (C=O) groups is 1. The summed E-state index contributed by atoms with van der Waals surface area (Å²) < 4.78 is 6.60. The number of ether oxygens (including phenoxy) is 1. The lowest BCUT2D eigenvalue weighted by Crippen LogP contribution is -2.39. The summed E-state index contributed by atoms with van der Waals surface area (Å²) in [6.07, 6.45) is 3.10. The first kappa shape index (κ1) is 11.9. The fourth-order valence-corrected chi connectivity index (χ4v) is 2.69. The molecular formula is C12H14BrN3O2. The Morgan fingerprint density at radius 3 is 3.22 bits per heavy atom. The summed E-state index contributed by atoms with van der Waals surface area (Å²) in [5, 5.41) is 6.09. The number of hydrogen-bond donors (Lipinski definition) is 2. The summed E-state index contributed by atoms with van der Waals surface area (Å²) >= 11 is 3.35. The third-order valence-corrected chi connectivity index (χ3v) is 3.77. The number of halogens is 1. The summed E-state index contributed by atoms with van der Waals surface area (Å²) in [6.45, 7) is 2.00. The number of aromatic nitrogens is 1. The van der Waals surface area contributed by atoms with Gasteiger partial charge in [0.15, 0.2) is 17.7 Å². The second-order valence-corrected chi connectivity index (χ2v) is 5.61. The number of fused-ring (bicyclic) bond motifs is 1. The van der Waals surface area contributed by atoms with Crippen LogP contribution in [0, 0.1) is 5.92 Å². The van der Waals surface area contributed by atoms with Crippen molar-refractivity contribution in [2.75, 3.05) is 18.4 Å². The number of nitrogens with one attached hydrogen (secondary N) is 2. The SMILES string of the molecule is O=C1Nc2ncc(Br)cc2OC1CC1CCNC1. The second kappa shape index (κ2) is 4.85. The van der Waals surface area contributed by atoms with Crippen molar-refractivity contribution >= 4 is 27.7 Å². The van der Waals surface area contributed by atoms with Crippen LogP contribution in [0.5, 0.6) is 5.75 Å². The van der Waals surface area contributed by atoms with Gasteiger partial charge in [0.25, 0.3) is 5.91 Å². The predicted molar refractivity (Wildman–Crippen MR) is 70.6 cm³/mol. The van der Waals surface area contributed by atoms with E-state index in [1.54, 1.807) is 6.20 Å². The highest BCUT2D eigenvalue weighted by molar-refractivity contribution is 9.10. The van der Waals surface area contributed by atoms with E-state index in [1.165, 1.54) is 0 Å². The van der Waals surface area contributed by atoms with E-state index in [-0.39, 0.29) is 5.91 Å². The second-order valence-electron chi connectivity index (χ2n) is 4.69. The van der Waals surface area contributed by atoms with Crippen molar-refractivity contribution in [3.05, 3.63) is 16.7 Å². The Morgan fingerprint density at radius 2 is 2.44 bits per heavy atom. The van der Waals surface area contributed by atoms with Crippen LogP contribution in [0.2, 0.25) is 0 Å². The monoisotopic (exact) mass is 311 g/mol. The number of amides is 1. The summed E-state index contributed by atoms with van der Waals surface area (Å²) in [5.41, 5.74) is 0. The van der Waals surface area contributed by atoms with Gasteiger partial charge in [0, 0.05) is 10.7 Å². The maximum absolute atomic E-state index is 11.9. The Morgan fingerprint density at radius 1 is 1.56 bits per heavy atom. The van der Waals surface area contributed by atoms with Crippen molar-refractivity contribution in [1.82, 2.24) is 10.3 Å². The van der Waals surface area contributed by atoms with Crippen LogP contribution in [0.4, 0.5) is 5.82 Å². The number of hydrogen-bond acceptors (Lipinski definition) is 4. The molecule has 2 aliphatic rings. The maximum atomic E-state index is 11.9. The first-order valence-corrected chi connectivity index (χ1v) is 6.85. The average molecular weight is 312 g/mol. The van der Waals surface area contributed by atoms with Gasteiger partial charge in [-0.15, -0.1) is 0 Å². The minimum absolute atomic E-state index is 0.0933. The van der Waals surface area contributed by atoms with Gasteiger partial charge >= 0.3 is 0 Å². The molecule has 1 saturated heterocycles. The number of nitrogens with zero attached hydrogens (tertiary/aromatic N) is 1. The van der Waals surface area contributed by atoms with Crippen molar-refractivity contribution in [2.24, 2.45) is 5.92 Å². The van der Waals surface area contributed by atoms with E-state index in [1.807, 2.05) is 6.07 Å². The fraction of sp³-hybridized carbons (Fsp3) is 0.500. The van der Waals surface area contributed by atoms with Gasteiger partial charge in [0.05, 0.1) is 0 Å². The molecule has 18 heavy (non-hydrogen) atoms. The quantitative estimate of drug-likeness (QED) is 0.869. The number of rotatable bonds is 2. The lowest BCUT2D eigenvalue weighted by atomic mass is 9.99. The topological polar surface area (TPSA) is 63.2 Å². The van der Waals surface area contributed by atoms with E-state index >= 15 is 0 Å². The van der Waals surface area contributed by atoms with Crippen molar-refractivity contribution in [1.29, 1.82) is 0 Å². The molecule has 1 aromatic rings. The molecule has 1 fully saturated rings. The highest BCUT2D eigenvalue weighted by Crippen LogP contribution is 2.32. The maximum Gasteiger partial charge on any atom is 0.266 e. The molecule has 2 atom stereocenters. The van der Waals surface area contributed by atoms with E-state index in [4.69, 9.17) is 4.74 Å². The molecule has 96 valence electrons. The van der Waals surface area contributed by atoms with Gasteiger partial charge in [-0.1, -0.05) is 0 Å². The molecule has 0 saturated carbocycles. The standard InChI is InChI=1S/C12H14BrN3O2/c13-8-4-9-11(15-6-8)16-12(17)10(18-9)3-7-1-2-14-5-7/h4,6-7,10,14H,1-3,5H2,(H,15,16,17). The first-order chi connectivity index (χ1) is 8.72. The van der Waals surface area contributed by atoms with Gasteiger partial charge in [0.2, 0.25) is 0 Å². The highest BCUT2D eigenvalue weighted by Gasteiger charge is 2.31. The normalized spacial score (nSPS) is 26.4.